The second-order valence-corrected chi connectivity index (χ2v) is 5.70. The molecule has 6 heteroatoms. The molecule has 1 amide bonds. The number of carbonyl (C=O) groups is 1. The van der Waals surface area contributed by atoms with Gasteiger partial charge in [-0.05, 0) is 24.7 Å². The van der Waals surface area contributed by atoms with Crippen LogP contribution < -0.4 is 11.1 Å². The van der Waals surface area contributed by atoms with Crippen molar-refractivity contribution in [3.63, 3.8) is 0 Å². The van der Waals surface area contributed by atoms with Crippen molar-refractivity contribution in [2.75, 3.05) is 20.3 Å². The van der Waals surface area contributed by atoms with Crippen molar-refractivity contribution >= 4 is 17.2 Å². The molecule has 1 aliphatic carbocycles. The standard InChI is InChI=1S/C12H19N3O2S/c1-17-5-4-12(2-3-12)8-14-11(16)9-7-18-10(6-13)15-9/h7H,2-6,8,13H2,1H3,(H,14,16). The normalized spacial score (nSPS) is 16.6. The number of methoxy groups -OCH3 is 1. The summed E-state index contributed by atoms with van der Waals surface area (Å²) in [7, 11) is 1.71. The molecule has 0 bridgehead atoms. The predicted molar refractivity (Wildman–Crippen MR) is 70.5 cm³/mol. The number of ether oxygens (including phenoxy) is 1. The van der Waals surface area contributed by atoms with Crippen LogP contribution in [0.2, 0.25) is 0 Å². The van der Waals surface area contributed by atoms with Gasteiger partial charge in [-0.15, -0.1) is 11.3 Å². The number of nitrogens with two attached hydrogens (primary N) is 1. The highest BCUT2D eigenvalue weighted by atomic mass is 32.1. The van der Waals surface area contributed by atoms with Gasteiger partial charge in [0, 0.05) is 32.2 Å². The molecular weight excluding hydrogens is 250 g/mol. The highest BCUT2D eigenvalue weighted by molar-refractivity contribution is 7.09. The lowest BCUT2D eigenvalue weighted by atomic mass is 10.0. The zero-order chi connectivity index (χ0) is 13.0. The number of carbonyl (C=O) groups excluding carboxylic acids is 1. The van der Waals surface area contributed by atoms with E-state index in [-0.39, 0.29) is 11.3 Å². The lowest BCUT2D eigenvalue weighted by molar-refractivity contribution is 0.0933. The molecule has 5 nitrogen and oxygen atoms in total. The highest BCUT2D eigenvalue weighted by Gasteiger charge is 2.42. The van der Waals surface area contributed by atoms with Crippen LogP contribution in [0.5, 0.6) is 0 Å². The van der Waals surface area contributed by atoms with Gasteiger partial charge in [-0.2, -0.15) is 0 Å². The number of nitrogens with one attached hydrogen (secondary N) is 1. The zero-order valence-corrected chi connectivity index (χ0v) is 11.4. The molecule has 1 aromatic rings. The Kier molecular flexibility index (Phi) is 4.31. The van der Waals surface area contributed by atoms with Crippen LogP contribution in [0.3, 0.4) is 0 Å². The third kappa shape index (κ3) is 3.28. The summed E-state index contributed by atoms with van der Waals surface area (Å²) in [4.78, 5) is 16.1. The van der Waals surface area contributed by atoms with Gasteiger partial charge in [0.25, 0.3) is 5.91 Å². The van der Waals surface area contributed by atoms with Gasteiger partial charge in [-0.1, -0.05) is 0 Å². The smallest absolute Gasteiger partial charge is 0.270 e. The van der Waals surface area contributed by atoms with Crippen LogP contribution in [0.4, 0.5) is 0 Å². The monoisotopic (exact) mass is 269 g/mol. The van der Waals surface area contributed by atoms with E-state index in [9.17, 15) is 4.79 Å². The van der Waals surface area contributed by atoms with Gasteiger partial charge < -0.3 is 15.8 Å². The summed E-state index contributed by atoms with van der Waals surface area (Å²) in [5.74, 6) is -0.102. The van der Waals surface area contributed by atoms with Gasteiger partial charge in [0.2, 0.25) is 0 Å². The minimum Gasteiger partial charge on any atom is -0.385 e. The lowest BCUT2D eigenvalue weighted by Crippen LogP contribution is -2.31. The van der Waals surface area contributed by atoms with Crippen LogP contribution in [0.25, 0.3) is 0 Å². The summed E-state index contributed by atoms with van der Waals surface area (Å²) in [5, 5.41) is 5.51. The molecule has 0 aliphatic heterocycles. The van der Waals surface area contributed by atoms with Gasteiger partial charge in [0.05, 0.1) is 0 Å². The molecule has 1 fully saturated rings. The van der Waals surface area contributed by atoms with Crippen LogP contribution in [-0.4, -0.2) is 31.2 Å². The maximum absolute atomic E-state index is 11.9. The fraction of sp³-hybridized carbons (Fsp3) is 0.667. The Balaban J connectivity index is 1.81. The SMILES string of the molecule is COCCC1(CNC(=O)c2csc(CN)n2)CC1. The molecule has 1 aliphatic rings. The molecule has 0 atom stereocenters. The zero-order valence-electron chi connectivity index (χ0n) is 10.6. The molecule has 0 aromatic carbocycles. The second kappa shape index (κ2) is 5.77. The minimum absolute atomic E-state index is 0.102. The molecule has 18 heavy (non-hydrogen) atoms. The van der Waals surface area contributed by atoms with E-state index in [1.807, 2.05) is 0 Å². The van der Waals surface area contributed by atoms with Crippen molar-refractivity contribution in [2.24, 2.45) is 11.1 Å². The summed E-state index contributed by atoms with van der Waals surface area (Å²) >= 11 is 1.42. The third-order valence-electron chi connectivity index (χ3n) is 3.38. The van der Waals surface area contributed by atoms with Crippen LogP contribution in [-0.2, 0) is 11.3 Å². The van der Waals surface area contributed by atoms with Crippen LogP contribution >= 0.6 is 11.3 Å². The van der Waals surface area contributed by atoms with Gasteiger partial charge >= 0.3 is 0 Å². The fourth-order valence-electron chi connectivity index (χ4n) is 1.88. The average molecular weight is 269 g/mol. The molecule has 0 radical (unpaired) electrons. The van der Waals surface area contributed by atoms with Gasteiger partial charge in [-0.25, -0.2) is 4.98 Å². The Morgan fingerprint density at radius 2 is 2.44 bits per heavy atom. The first-order chi connectivity index (χ1) is 8.69. The number of aromatic nitrogens is 1. The Bertz CT molecular complexity index is 415. The average Bonchev–Trinajstić information content (AvgIpc) is 2.99. The molecule has 1 heterocycles. The van der Waals surface area contributed by atoms with Crippen molar-refractivity contribution in [3.05, 3.63) is 16.1 Å². The first-order valence-corrected chi connectivity index (χ1v) is 6.99. The van der Waals surface area contributed by atoms with Crippen LogP contribution in [0, 0.1) is 5.41 Å². The van der Waals surface area contributed by atoms with E-state index in [1.54, 1.807) is 12.5 Å². The van der Waals surface area contributed by atoms with Crippen LogP contribution in [0.15, 0.2) is 5.38 Å². The van der Waals surface area contributed by atoms with E-state index in [1.165, 1.54) is 24.2 Å². The first-order valence-electron chi connectivity index (χ1n) is 6.11. The van der Waals surface area contributed by atoms with E-state index in [0.29, 0.717) is 18.8 Å². The second-order valence-electron chi connectivity index (χ2n) is 4.76. The van der Waals surface area contributed by atoms with Crippen LogP contribution in [0.1, 0.15) is 34.8 Å². The minimum atomic E-state index is -0.102. The van der Waals surface area contributed by atoms with Gasteiger partial charge in [-0.3, -0.25) is 4.79 Å². The molecule has 1 aromatic heterocycles. The van der Waals surface area contributed by atoms with Crippen molar-refractivity contribution < 1.29 is 9.53 Å². The highest BCUT2D eigenvalue weighted by Crippen LogP contribution is 2.48. The Hall–Kier alpha value is -0.980. The van der Waals surface area contributed by atoms with E-state index in [4.69, 9.17) is 10.5 Å². The van der Waals surface area contributed by atoms with E-state index in [0.717, 1.165) is 18.0 Å². The summed E-state index contributed by atoms with van der Waals surface area (Å²) < 4.78 is 5.09. The summed E-state index contributed by atoms with van der Waals surface area (Å²) in [6.45, 7) is 1.85. The number of rotatable bonds is 7. The number of hydrogen-bond donors (Lipinski definition) is 2. The molecule has 3 N–H and O–H groups in total. The third-order valence-corrected chi connectivity index (χ3v) is 4.25. The fourth-order valence-corrected chi connectivity index (χ4v) is 2.53. The van der Waals surface area contributed by atoms with Gasteiger partial charge in [0.1, 0.15) is 10.7 Å². The van der Waals surface area contributed by atoms with E-state index >= 15 is 0 Å². The Labute approximate surface area is 111 Å². The van der Waals surface area contributed by atoms with E-state index in [2.05, 4.69) is 10.3 Å². The molecule has 100 valence electrons. The quantitative estimate of drug-likeness (QED) is 0.778. The molecule has 0 spiro atoms. The number of amides is 1. The van der Waals surface area contributed by atoms with Gasteiger partial charge in [0.15, 0.2) is 0 Å². The summed E-state index contributed by atoms with van der Waals surface area (Å²) in [5.41, 5.74) is 6.21. The molecule has 1 saturated carbocycles. The number of nitrogens with zero attached hydrogens (tertiary/aromatic N) is 1. The Morgan fingerprint density at radius 3 is 3.00 bits per heavy atom. The molecule has 2 rings (SSSR count). The maximum Gasteiger partial charge on any atom is 0.270 e. The maximum atomic E-state index is 11.9. The van der Waals surface area contributed by atoms with Crippen molar-refractivity contribution in [1.82, 2.24) is 10.3 Å². The number of hydrogen-bond acceptors (Lipinski definition) is 5. The molecular formula is C12H19N3O2S. The topological polar surface area (TPSA) is 77.2 Å². The van der Waals surface area contributed by atoms with Crippen molar-refractivity contribution in [1.29, 1.82) is 0 Å². The van der Waals surface area contributed by atoms with Crippen molar-refractivity contribution in [3.8, 4) is 0 Å². The summed E-state index contributed by atoms with van der Waals surface area (Å²) in [6.07, 6.45) is 3.35. The number of thiazole rings is 1. The van der Waals surface area contributed by atoms with Crippen molar-refractivity contribution in [2.45, 2.75) is 25.8 Å². The largest absolute Gasteiger partial charge is 0.385 e. The van der Waals surface area contributed by atoms with E-state index < -0.39 is 0 Å². The molecule has 0 saturated heterocycles. The lowest BCUT2D eigenvalue weighted by Gasteiger charge is -2.14. The predicted octanol–water partition coefficient (Wildman–Crippen LogP) is 1.15. The molecule has 0 unspecified atom stereocenters. The first kappa shape index (κ1) is 13.5. The summed E-state index contributed by atoms with van der Waals surface area (Å²) in [6, 6.07) is 0. The Morgan fingerprint density at radius 1 is 1.67 bits per heavy atom.